The predicted octanol–water partition coefficient (Wildman–Crippen LogP) is 4.63. The Labute approximate surface area is 207 Å². The smallest absolute Gasteiger partial charge is 0.475 e. The maximum Gasteiger partial charge on any atom is 0.490 e. The van der Waals surface area contributed by atoms with E-state index in [1.54, 1.807) is 37.4 Å². The van der Waals surface area contributed by atoms with Gasteiger partial charge in [-0.15, -0.1) is 0 Å². The molecule has 0 atom stereocenters. The van der Waals surface area contributed by atoms with E-state index in [9.17, 15) is 26.0 Å². The van der Waals surface area contributed by atoms with E-state index in [1.165, 1.54) is 18.4 Å². The van der Waals surface area contributed by atoms with Gasteiger partial charge in [-0.05, 0) is 55.3 Å². The van der Waals surface area contributed by atoms with Gasteiger partial charge in [0.15, 0.2) is 15.7 Å². The number of alkyl halides is 3. The molecule has 4 aromatic rings. The summed E-state index contributed by atoms with van der Waals surface area (Å²) in [4.78, 5) is 17.7. The third-order valence-electron chi connectivity index (χ3n) is 4.84. The molecule has 0 spiro atoms. The average Bonchev–Trinajstić information content (AvgIpc) is 3.16. The molecular formula is C22H20F4N6O4S. The van der Waals surface area contributed by atoms with Crippen LogP contribution in [0.2, 0.25) is 0 Å². The van der Waals surface area contributed by atoms with E-state index in [-0.39, 0.29) is 16.7 Å². The number of aliphatic carboxylic acids is 1. The summed E-state index contributed by atoms with van der Waals surface area (Å²) in [5.74, 6) is -1.98. The number of hydrogen-bond donors (Lipinski definition) is 4. The number of H-pyrrole nitrogens is 1. The third-order valence-corrected chi connectivity index (χ3v) is 6.08. The summed E-state index contributed by atoms with van der Waals surface area (Å²) >= 11 is 0. The summed E-state index contributed by atoms with van der Waals surface area (Å²) < 4.78 is 69.4. The van der Waals surface area contributed by atoms with Gasteiger partial charge in [-0.25, -0.2) is 22.6 Å². The minimum Gasteiger partial charge on any atom is -0.475 e. The number of nitrogens with one attached hydrogen (secondary N) is 3. The summed E-state index contributed by atoms with van der Waals surface area (Å²) in [5, 5.41) is 20.8. The molecule has 2 aromatic heterocycles. The van der Waals surface area contributed by atoms with Crippen LogP contribution in [0, 0.1) is 19.7 Å². The summed E-state index contributed by atoms with van der Waals surface area (Å²) in [7, 11) is -3.37. The molecule has 10 nitrogen and oxygen atoms in total. The number of fused-ring (bicyclic) bond motifs is 1. The third kappa shape index (κ3) is 6.91. The van der Waals surface area contributed by atoms with E-state index in [0.29, 0.717) is 33.8 Å². The molecule has 0 aliphatic rings. The summed E-state index contributed by atoms with van der Waals surface area (Å²) in [5.41, 5.74) is 2.81. The fourth-order valence-electron chi connectivity index (χ4n) is 3.18. The lowest BCUT2D eigenvalue weighted by Crippen LogP contribution is -2.21. The van der Waals surface area contributed by atoms with E-state index in [1.807, 2.05) is 6.92 Å². The fourth-order valence-corrected chi connectivity index (χ4v) is 4.15. The minimum absolute atomic E-state index is 0.245. The molecule has 15 heteroatoms. The zero-order valence-corrected chi connectivity index (χ0v) is 20.3. The first kappa shape index (κ1) is 27.3. The molecule has 4 N–H and O–H groups in total. The molecule has 0 aliphatic heterocycles. The predicted molar refractivity (Wildman–Crippen MR) is 127 cm³/mol. The van der Waals surface area contributed by atoms with Crippen LogP contribution in [0.15, 0.2) is 47.5 Å². The maximum atomic E-state index is 13.6. The number of halogens is 4. The number of aromatic amines is 1. The van der Waals surface area contributed by atoms with E-state index >= 15 is 0 Å². The molecule has 0 bridgehead atoms. The van der Waals surface area contributed by atoms with Crippen LogP contribution >= 0.6 is 0 Å². The number of anilines is 4. The Balaban J connectivity index is 0.000000479. The van der Waals surface area contributed by atoms with Crippen LogP contribution in [0.1, 0.15) is 11.1 Å². The number of aryl methyl sites for hydroxylation is 2. The molecule has 0 amide bonds. The van der Waals surface area contributed by atoms with Crippen molar-refractivity contribution in [1.29, 1.82) is 0 Å². The lowest BCUT2D eigenvalue weighted by Gasteiger charge is -2.13. The van der Waals surface area contributed by atoms with Gasteiger partial charge in [0.05, 0.1) is 10.4 Å². The standard InChI is InChI=1S/C20H19FN6O2S.C2HF3O2/c1-11-8-12(2)17(30(3,28)29)10-16(11)23-20-22-7-6-18(25-20)24-19-14-9-13(21)4-5-15(14)26-27-19;3-2(4,5)1(6)7/h4-10H,1-3H3,(H3,22,23,24,25,26,27);(H,6,7). The van der Waals surface area contributed by atoms with Crippen molar-refractivity contribution < 1.29 is 35.9 Å². The maximum absolute atomic E-state index is 13.6. The monoisotopic (exact) mass is 540 g/mol. The number of carboxylic acids is 1. The molecule has 4 rings (SSSR count). The minimum atomic E-state index is -5.08. The van der Waals surface area contributed by atoms with Crippen LogP contribution in [0.3, 0.4) is 0 Å². The van der Waals surface area contributed by atoms with Gasteiger partial charge in [0.1, 0.15) is 11.6 Å². The van der Waals surface area contributed by atoms with E-state index in [4.69, 9.17) is 9.90 Å². The second kappa shape index (κ2) is 10.4. The molecule has 0 aliphatic carbocycles. The number of aromatic nitrogens is 4. The number of benzene rings is 2. The number of carbonyl (C=O) groups is 1. The van der Waals surface area contributed by atoms with Gasteiger partial charge >= 0.3 is 12.1 Å². The molecule has 0 saturated heterocycles. The van der Waals surface area contributed by atoms with Gasteiger partial charge in [-0.2, -0.15) is 23.3 Å². The van der Waals surface area contributed by atoms with Crippen LogP contribution in [0.4, 0.5) is 40.8 Å². The SMILES string of the molecule is Cc1cc(C)c(S(C)(=O)=O)cc1Nc1nccc(Nc2n[nH]c3ccc(F)cc23)n1.O=C(O)C(F)(F)F. The van der Waals surface area contributed by atoms with E-state index in [2.05, 4.69) is 30.8 Å². The number of nitrogens with zero attached hydrogens (tertiary/aromatic N) is 3. The molecule has 0 radical (unpaired) electrons. The van der Waals surface area contributed by atoms with Crippen LogP contribution in [-0.4, -0.2) is 52.1 Å². The zero-order valence-electron chi connectivity index (χ0n) is 19.5. The highest BCUT2D eigenvalue weighted by Gasteiger charge is 2.38. The normalized spacial score (nSPS) is 11.5. The van der Waals surface area contributed by atoms with Crippen molar-refractivity contribution in [3.8, 4) is 0 Å². The lowest BCUT2D eigenvalue weighted by atomic mass is 10.1. The van der Waals surface area contributed by atoms with Crippen molar-refractivity contribution in [2.24, 2.45) is 0 Å². The fraction of sp³-hybridized carbons (Fsp3) is 0.182. The second-order valence-electron chi connectivity index (χ2n) is 7.79. The van der Waals surface area contributed by atoms with Crippen molar-refractivity contribution in [2.45, 2.75) is 24.9 Å². The van der Waals surface area contributed by atoms with Crippen molar-refractivity contribution in [1.82, 2.24) is 20.2 Å². The Morgan fingerprint density at radius 2 is 1.73 bits per heavy atom. The quantitative estimate of drug-likeness (QED) is 0.266. The Morgan fingerprint density at radius 1 is 1.05 bits per heavy atom. The number of sulfone groups is 1. The van der Waals surface area contributed by atoms with Crippen molar-refractivity contribution in [3.63, 3.8) is 0 Å². The molecule has 196 valence electrons. The summed E-state index contributed by atoms with van der Waals surface area (Å²) in [6, 6.07) is 9.36. The van der Waals surface area contributed by atoms with Crippen molar-refractivity contribution in [2.75, 3.05) is 16.9 Å². The highest BCUT2D eigenvalue weighted by molar-refractivity contribution is 7.90. The first-order valence-corrected chi connectivity index (χ1v) is 12.2. The van der Waals surface area contributed by atoms with Gasteiger partial charge < -0.3 is 15.7 Å². The van der Waals surface area contributed by atoms with Gasteiger partial charge in [0.2, 0.25) is 5.95 Å². The van der Waals surface area contributed by atoms with Crippen LogP contribution in [0.5, 0.6) is 0 Å². The Hall–Kier alpha value is -4.27. The molecule has 2 heterocycles. The van der Waals surface area contributed by atoms with Gasteiger partial charge in [-0.3, -0.25) is 5.10 Å². The zero-order chi connectivity index (χ0) is 27.5. The number of rotatable bonds is 5. The highest BCUT2D eigenvalue weighted by Crippen LogP contribution is 2.27. The molecule has 2 aromatic carbocycles. The molecule has 0 saturated carbocycles. The Bertz CT molecular complexity index is 1570. The number of carboxylic acid groups (broad SMARTS) is 1. The first-order chi connectivity index (χ1) is 17.1. The highest BCUT2D eigenvalue weighted by atomic mass is 32.2. The van der Waals surface area contributed by atoms with E-state index in [0.717, 1.165) is 5.56 Å². The largest absolute Gasteiger partial charge is 0.490 e. The van der Waals surface area contributed by atoms with Gasteiger partial charge in [-0.1, -0.05) is 6.07 Å². The molecular weight excluding hydrogens is 520 g/mol. The van der Waals surface area contributed by atoms with Crippen LogP contribution in [-0.2, 0) is 14.6 Å². The number of hydrogen-bond acceptors (Lipinski definition) is 8. The van der Waals surface area contributed by atoms with Gasteiger partial charge in [0.25, 0.3) is 0 Å². The molecule has 37 heavy (non-hydrogen) atoms. The summed E-state index contributed by atoms with van der Waals surface area (Å²) in [6.07, 6.45) is -2.36. The summed E-state index contributed by atoms with van der Waals surface area (Å²) in [6.45, 7) is 3.62. The first-order valence-electron chi connectivity index (χ1n) is 10.3. The Kier molecular flexibility index (Phi) is 7.66. The van der Waals surface area contributed by atoms with Gasteiger partial charge in [0, 0.05) is 23.5 Å². The second-order valence-corrected chi connectivity index (χ2v) is 9.77. The van der Waals surface area contributed by atoms with Crippen molar-refractivity contribution in [3.05, 3.63) is 59.5 Å². The van der Waals surface area contributed by atoms with Crippen molar-refractivity contribution >= 4 is 50.0 Å². The van der Waals surface area contributed by atoms with E-state index < -0.39 is 22.0 Å². The lowest BCUT2D eigenvalue weighted by molar-refractivity contribution is -0.192. The Morgan fingerprint density at radius 3 is 2.35 bits per heavy atom. The van der Waals surface area contributed by atoms with Crippen LogP contribution < -0.4 is 10.6 Å². The topological polar surface area (TPSA) is 150 Å². The molecule has 0 unspecified atom stereocenters. The average molecular weight is 540 g/mol. The molecule has 0 fully saturated rings. The van der Waals surface area contributed by atoms with Crippen LogP contribution in [0.25, 0.3) is 10.9 Å².